The van der Waals surface area contributed by atoms with E-state index < -0.39 is 0 Å². The van der Waals surface area contributed by atoms with Crippen molar-refractivity contribution in [1.29, 1.82) is 0 Å². The Morgan fingerprint density at radius 3 is 2.64 bits per heavy atom. The molecule has 0 spiro atoms. The molecule has 0 aliphatic rings. The van der Waals surface area contributed by atoms with E-state index in [2.05, 4.69) is 44.9 Å². The molecule has 0 unspecified atom stereocenters. The maximum Gasteiger partial charge on any atom is 0.209 e. The highest BCUT2D eigenvalue weighted by Gasteiger charge is 2.14. The molecule has 1 aromatic rings. The molecule has 0 saturated carbocycles. The van der Waals surface area contributed by atoms with Crippen LogP contribution in [0, 0.1) is 0 Å². The summed E-state index contributed by atoms with van der Waals surface area (Å²) < 4.78 is 0.794. The van der Waals surface area contributed by atoms with Crippen LogP contribution in [0.1, 0.15) is 20.3 Å². The highest BCUT2D eigenvalue weighted by molar-refractivity contribution is 9.11. The van der Waals surface area contributed by atoms with Gasteiger partial charge in [-0.1, -0.05) is 11.3 Å². The molecule has 1 N–H and O–H groups in total. The van der Waals surface area contributed by atoms with Gasteiger partial charge in [0.1, 0.15) is 0 Å². The molecule has 0 atom stereocenters. The molecule has 0 fully saturated rings. The zero-order chi connectivity index (χ0) is 10.6. The lowest BCUT2D eigenvalue weighted by atomic mass is 10.3. The summed E-state index contributed by atoms with van der Waals surface area (Å²) in [7, 11) is 0. The van der Waals surface area contributed by atoms with Crippen molar-refractivity contribution in [1.82, 2.24) is 10.2 Å². The van der Waals surface area contributed by atoms with Gasteiger partial charge < -0.3 is 10.0 Å². The molecule has 0 amide bonds. The molecular formula is C8H14BrN3OS. The van der Waals surface area contributed by atoms with Crippen molar-refractivity contribution in [3.05, 3.63) is 3.92 Å². The fourth-order valence-corrected chi connectivity index (χ4v) is 2.38. The van der Waals surface area contributed by atoms with Crippen molar-refractivity contribution in [2.24, 2.45) is 0 Å². The van der Waals surface area contributed by atoms with Crippen LogP contribution in [0.3, 0.4) is 0 Å². The molecule has 0 saturated heterocycles. The molecule has 1 heterocycles. The number of halogens is 1. The Morgan fingerprint density at radius 2 is 2.21 bits per heavy atom. The van der Waals surface area contributed by atoms with Crippen LogP contribution in [-0.4, -0.2) is 34.5 Å². The van der Waals surface area contributed by atoms with Gasteiger partial charge in [-0.05, 0) is 36.2 Å². The number of aromatic nitrogens is 2. The number of hydrogen-bond acceptors (Lipinski definition) is 5. The fraction of sp³-hybridized carbons (Fsp3) is 0.750. The molecule has 0 bridgehead atoms. The molecule has 0 radical (unpaired) electrons. The van der Waals surface area contributed by atoms with E-state index in [4.69, 9.17) is 5.11 Å². The van der Waals surface area contributed by atoms with Crippen LogP contribution in [0.4, 0.5) is 5.13 Å². The standard InChI is InChI=1S/C8H14BrN3OS/c1-6(2)12(4-3-5-13)8-11-10-7(9)14-8/h6,13H,3-5H2,1-2H3. The van der Waals surface area contributed by atoms with Crippen LogP contribution in [-0.2, 0) is 0 Å². The Morgan fingerprint density at radius 1 is 1.50 bits per heavy atom. The molecule has 1 aromatic heterocycles. The highest BCUT2D eigenvalue weighted by atomic mass is 79.9. The maximum absolute atomic E-state index is 8.78. The zero-order valence-corrected chi connectivity index (χ0v) is 10.7. The Kier molecular flexibility index (Phi) is 4.77. The largest absolute Gasteiger partial charge is 0.396 e. The number of nitrogens with zero attached hydrogens (tertiary/aromatic N) is 3. The minimum atomic E-state index is 0.212. The third-order valence-corrected chi connectivity index (χ3v) is 3.21. The van der Waals surface area contributed by atoms with E-state index in [0.29, 0.717) is 6.04 Å². The van der Waals surface area contributed by atoms with E-state index in [1.807, 2.05) is 0 Å². The van der Waals surface area contributed by atoms with E-state index in [1.54, 1.807) is 0 Å². The molecule has 14 heavy (non-hydrogen) atoms. The van der Waals surface area contributed by atoms with Gasteiger partial charge in [0, 0.05) is 19.2 Å². The first kappa shape index (κ1) is 11.9. The van der Waals surface area contributed by atoms with Crippen LogP contribution in [0.2, 0.25) is 0 Å². The first-order valence-electron chi connectivity index (χ1n) is 4.51. The lowest BCUT2D eigenvalue weighted by Crippen LogP contribution is -2.32. The van der Waals surface area contributed by atoms with E-state index in [1.165, 1.54) is 11.3 Å². The lowest BCUT2D eigenvalue weighted by Gasteiger charge is -2.24. The maximum atomic E-state index is 8.78. The summed E-state index contributed by atoms with van der Waals surface area (Å²) in [5.74, 6) is 0. The Hall–Kier alpha value is -0.200. The van der Waals surface area contributed by atoms with E-state index in [0.717, 1.165) is 22.0 Å². The third kappa shape index (κ3) is 3.18. The number of aliphatic hydroxyl groups is 1. The van der Waals surface area contributed by atoms with Crippen LogP contribution in [0.5, 0.6) is 0 Å². The lowest BCUT2D eigenvalue weighted by molar-refractivity contribution is 0.288. The second-order valence-corrected chi connectivity index (χ2v) is 5.43. The minimum absolute atomic E-state index is 0.212. The predicted octanol–water partition coefficient (Wildman–Crippen LogP) is 1.90. The highest BCUT2D eigenvalue weighted by Crippen LogP contribution is 2.25. The van der Waals surface area contributed by atoms with E-state index in [9.17, 15) is 0 Å². The summed E-state index contributed by atoms with van der Waals surface area (Å²) in [4.78, 5) is 2.14. The first-order chi connectivity index (χ1) is 6.65. The monoisotopic (exact) mass is 279 g/mol. The first-order valence-corrected chi connectivity index (χ1v) is 6.12. The third-order valence-electron chi connectivity index (χ3n) is 1.82. The summed E-state index contributed by atoms with van der Waals surface area (Å²) in [6, 6.07) is 0.376. The van der Waals surface area contributed by atoms with Gasteiger partial charge in [-0.3, -0.25) is 0 Å². The van der Waals surface area contributed by atoms with Gasteiger partial charge in [0.15, 0.2) is 3.92 Å². The number of aliphatic hydroxyl groups excluding tert-OH is 1. The summed E-state index contributed by atoms with van der Waals surface area (Å²) in [5, 5.41) is 17.6. The normalized spacial score (nSPS) is 10.9. The second kappa shape index (κ2) is 5.63. The summed E-state index contributed by atoms with van der Waals surface area (Å²) >= 11 is 4.80. The Labute approximate surface area is 96.1 Å². The number of rotatable bonds is 5. The molecule has 80 valence electrons. The molecule has 0 aromatic carbocycles. The van der Waals surface area contributed by atoms with Gasteiger partial charge in [-0.2, -0.15) is 0 Å². The quantitative estimate of drug-likeness (QED) is 0.895. The van der Waals surface area contributed by atoms with Crippen molar-refractivity contribution >= 4 is 32.4 Å². The molecular weight excluding hydrogens is 266 g/mol. The van der Waals surface area contributed by atoms with Crippen LogP contribution in [0.15, 0.2) is 3.92 Å². The summed E-state index contributed by atoms with van der Waals surface area (Å²) in [6.07, 6.45) is 0.759. The fourth-order valence-electron chi connectivity index (χ4n) is 1.13. The van der Waals surface area contributed by atoms with E-state index in [-0.39, 0.29) is 6.61 Å². The number of hydrogen-bond donors (Lipinski definition) is 1. The smallest absolute Gasteiger partial charge is 0.209 e. The average Bonchev–Trinajstić information content (AvgIpc) is 2.52. The van der Waals surface area contributed by atoms with Crippen LogP contribution in [0.25, 0.3) is 0 Å². The van der Waals surface area contributed by atoms with Crippen molar-refractivity contribution in [3.8, 4) is 0 Å². The molecule has 4 nitrogen and oxygen atoms in total. The molecule has 0 aliphatic carbocycles. The van der Waals surface area contributed by atoms with Gasteiger partial charge in [-0.15, -0.1) is 10.2 Å². The average molecular weight is 280 g/mol. The number of anilines is 1. The van der Waals surface area contributed by atoms with Crippen LogP contribution >= 0.6 is 27.3 Å². The van der Waals surface area contributed by atoms with E-state index >= 15 is 0 Å². The van der Waals surface area contributed by atoms with Crippen molar-refractivity contribution in [2.45, 2.75) is 26.3 Å². The Bertz CT molecular complexity index is 279. The second-order valence-electron chi connectivity index (χ2n) is 3.20. The molecule has 6 heteroatoms. The van der Waals surface area contributed by atoms with Gasteiger partial charge in [0.2, 0.25) is 5.13 Å². The summed E-state index contributed by atoms with van der Waals surface area (Å²) in [6.45, 7) is 5.23. The van der Waals surface area contributed by atoms with Gasteiger partial charge >= 0.3 is 0 Å². The minimum Gasteiger partial charge on any atom is -0.396 e. The van der Waals surface area contributed by atoms with Crippen molar-refractivity contribution in [2.75, 3.05) is 18.1 Å². The SMILES string of the molecule is CC(C)N(CCCO)c1nnc(Br)s1. The summed E-state index contributed by atoms with van der Waals surface area (Å²) in [5.41, 5.74) is 0. The van der Waals surface area contributed by atoms with Crippen molar-refractivity contribution in [3.63, 3.8) is 0 Å². The topological polar surface area (TPSA) is 49.2 Å². The molecule has 0 aliphatic heterocycles. The Balaban J connectivity index is 2.67. The van der Waals surface area contributed by atoms with Crippen molar-refractivity contribution < 1.29 is 5.11 Å². The predicted molar refractivity (Wildman–Crippen MR) is 61.8 cm³/mol. The molecule has 1 rings (SSSR count). The van der Waals surface area contributed by atoms with Gasteiger partial charge in [0.05, 0.1) is 0 Å². The van der Waals surface area contributed by atoms with Crippen LogP contribution < -0.4 is 4.90 Å². The van der Waals surface area contributed by atoms with Gasteiger partial charge in [-0.25, -0.2) is 0 Å². The van der Waals surface area contributed by atoms with Gasteiger partial charge in [0.25, 0.3) is 0 Å². The zero-order valence-electron chi connectivity index (χ0n) is 8.27.